The molecular weight excluding hydrogens is 304 g/mol. The van der Waals surface area contributed by atoms with Gasteiger partial charge in [-0.05, 0) is 32.4 Å². The second kappa shape index (κ2) is 5.20. The zero-order valence-electron chi connectivity index (χ0n) is 10.7. The van der Waals surface area contributed by atoms with Gasteiger partial charge in [-0.25, -0.2) is 13.1 Å². The molecule has 0 unspecified atom stereocenters. The zero-order chi connectivity index (χ0) is 14.2. The van der Waals surface area contributed by atoms with Crippen LogP contribution in [-0.4, -0.2) is 13.4 Å². The van der Waals surface area contributed by atoms with Crippen LogP contribution in [0.15, 0.2) is 15.1 Å². The fraction of sp³-hybridized carbons (Fsp3) is 0.364. The third kappa shape index (κ3) is 3.14. The number of sulfonamides is 1. The second-order valence-electron chi connectivity index (χ2n) is 4.20. The van der Waals surface area contributed by atoms with E-state index in [0.717, 1.165) is 10.4 Å². The maximum Gasteiger partial charge on any atom is 0.305 e. The molecule has 2 aromatic rings. The van der Waals surface area contributed by atoms with Crippen LogP contribution in [0.3, 0.4) is 0 Å². The summed E-state index contributed by atoms with van der Waals surface area (Å²) in [5.41, 5.74) is 1.53. The molecule has 19 heavy (non-hydrogen) atoms. The molecule has 0 aliphatic rings. The van der Waals surface area contributed by atoms with Crippen LogP contribution in [0.1, 0.15) is 21.0 Å². The number of hydrogen-bond donors (Lipinski definition) is 2. The Labute approximate surface area is 119 Å². The molecule has 8 heteroatoms. The maximum atomic E-state index is 12.1. The quantitative estimate of drug-likeness (QED) is 0.903. The normalized spacial score (nSPS) is 11.9. The van der Waals surface area contributed by atoms with Gasteiger partial charge in [0.05, 0.1) is 0 Å². The topological polar surface area (TPSA) is 79.0 Å². The Kier molecular flexibility index (Phi) is 3.95. The summed E-state index contributed by atoms with van der Waals surface area (Å²) < 4.78 is 26.7. The highest BCUT2D eigenvalue weighted by atomic mass is 32.2. The summed E-state index contributed by atoms with van der Waals surface area (Å²) in [5, 5.41) is 0. The number of aryl methyl sites for hydroxylation is 3. The van der Waals surface area contributed by atoms with Crippen molar-refractivity contribution < 1.29 is 8.42 Å². The van der Waals surface area contributed by atoms with Crippen LogP contribution in [0, 0.1) is 20.8 Å². The molecule has 2 aromatic heterocycles. The highest BCUT2D eigenvalue weighted by molar-refractivity contribution is 7.91. The van der Waals surface area contributed by atoms with E-state index in [0.29, 0.717) is 17.0 Å². The first-order chi connectivity index (χ1) is 8.79. The van der Waals surface area contributed by atoms with Crippen LogP contribution in [0.2, 0.25) is 0 Å². The van der Waals surface area contributed by atoms with Crippen LogP contribution in [0.4, 0.5) is 0 Å². The van der Waals surface area contributed by atoms with Crippen molar-refractivity contribution >= 4 is 32.7 Å². The number of nitrogens with one attached hydrogen (secondary N) is 2. The fourth-order valence-electron chi connectivity index (χ4n) is 1.62. The van der Waals surface area contributed by atoms with E-state index < -0.39 is 10.0 Å². The minimum atomic E-state index is -3.63. The average Bonchev–Trinajstić information content (AvgIpc) is 2.80. The molecule has 0 radical (unpaired) electrons. The Hall–Kier alpha value is -0.960. The van der Waals surface area contributed by atoms with Gasteiger partial charge in [-0.15, -0.1) is 11.3 Å². The molecule has 0 atom stereocenters. The summed E-state index contributed by atoms with van der Waals surface area (Å²) in [6, 6.07) is 1.97. The molecule has 0 spiro atoms. The number of H-pyrrole nitrogens is 1. The Morgan fingerprint density at radius 3 is 2.42 bits per heavy atom. The molecule has 0 amide bonds. The summed E-state index contributed by atoms with van der Waals surface area (Å²) in [6.45, 7) is 5.81. The molecule has 2 heterocycles. The predicted molar refractivity (Wildman–Crippen MR) is 77.5 cm³/mol. The highest BCUT2D eigenvalue weighted by Crippen LogP contribution is 2.21. The molecule has 0 aromatic carbocycles. The van der Waals surface area contributed by atoms with Gasteiger partial charge in [0.2, 0.25) is 0 Å². The number of aromatic nitrogens is 1. The standard InChI is InChI=1S/C11H14N2O3S3/c1-6-4-9(17-8(6)3)5-12-19(15,16)10-7(2)13-11(14)18-10/h4,12H,5H2,1-3H3,(H,13,14). The zero-order valence-corrected chi connectivity index (χ0v) is 13.2. The van der Waals surface area contributed by atoms with Gasteiger partial charge in [0.25, 0.3) is 10.0 Å². The van der Waals surface area contributed by atoms with Crippen molar-refractivity contribution in [3.8, 4) is 0 Å². The van der Waals surface area contributed by atoms with Gasteiger partial charge in [0.1, 0.15) is 0 Å². The lowest BCUT2D eigenvalue weighted by molar-refractivity contribution is 0.583. The van der Waals surface area contributed by atoms with E-state index in [1.807, 2.05) is 19.9 Å². The molecule has 5 nitrogen and oxygen atoms in total. The van der Waals surface area contributed by atoms with E-state index in [4.69, 9.17) is 0 Å². The van der Waals surface area contributed by atoms with Crippen molar-refractivity contribution in [1.82, 2.24) is 9.71 Å². The first-order valence-corrected chi connectivity index (χ1v) is 8.66. The molecular formula is C11H14N2O3S3. The highest BCUT2D eigenvalue weighted by Gasteiger charge is 2.20. The molecule has 0 aliphatic carbocycles. The van der Waals surface area contributed by atoms with E-state index in [1.165, 1.54) is 4.88 Å². The first kappa shape index (κ1) is 14.4. The van der Waals surface area contributed by atoms with E-state index in [9.17, 15) is 13.2 Å². The molecule has 104 valence electrons. The lowest BCUT2D eigenvalue weighted by atomic mass is 10.3. The Bertz CT molecular complexity index is 733. The molecule has 0 fully saturated rings. The van der Waals surface area contributed by atoms with E-state index in [-0.39, 0.29) is 15.6 Å². The first-order valence-electron chi connectivity index (χ1n) is 5.55. The Morgan fingerprint density at radius 1 is 1.26 bits per heavy atom. The van der Waals surface area contributed by atoms with Gasteiger partial charge in [0.15, 0.2) is 4.21 Å². The summed E-state index contributed by atoms with van der Waals surface area (Å²) >= 11 is 2.27. The van der Waals surface area contributed by atoms with E-state index >= 15 is 0 Å². The summed E-state index contributed by atoms with van der Waals surface area (Å²) in [7, 11) is -3.63. The van der Waals surface area contributed by atoms with Crippen LogP contribution in [0.5, 0.6) is 0 Å². The lowest BCUT2D eigenvalue weighted by Gasteiger charge is -2.03. The molecule has 2 N–H and O–H groups in total. The van der Waals surface area contributed by atoms with Crippen molar-refractivity contribution in [2.45, 2.75) is 31.5 Å². The third-order valence-electron chi connectivity index (χ3n) is 2.68. The Morgan fingerprint density at radius 2 is 1.95 bits per heavy atom. The monoisotopic (exact) mass is 318 g/mol. The van der Waals surface area contributed by atoms with Crippen molar-refractivity contribution in [2.24, 2.45) is 0 Å². The van der Waals surface area contributed by atoms with Crippen LogP contribution >= 0.6 is 22.7 Å². The van der Waals surface area contributed by atoms with Crippen LogP contribution in [0.25, 0.3) is 0 Å². The van der Waals surface area contributed by atoms with E-state index in [1.54, 1.807) is 18.3 Å². The minimum Gasteiger partial charge on any atom is -0.315 e. The maximum absolute atomic E-state index is 12.1. The average molecular weight is 318 g/mol. The van der Waals surface area contributed by atoms with Gasteiger partial charge in [-0.1, -0.05) is 11.3 Å². The summed E-state index contributed by atoms with van der Waals surface area (Å²) in [6.07, 6.45) is 0. The summed E-state index contributed by atoms with van der Waals surface area (Å²) in [5.74, 6) is 0. The molecule has 0 aliphatic heterocycles. The number of rotatable bonds is 4. The third-order valence-corrected chi connectivity index (χ3v) is 6.84. The minimum absolute atomic E-state index is 0.0579. The molecule has 0 bridgehead atoms. The summed E-state index contributed by atoms with van der Waals surface area (Å²) in [4.78, 5) is 15.4. The number of thiophene rings is 1. The van der Waals surface area contributed by atoms with Gasteiger partial charge in [-0.2, -0.15) is 0 Å². The smallest absolute Gasteiger partial charge is 0.305 e. The molecule has 2 rings (SSSR count). The number of hydrogen-bond acceptors (Lipinski definition) is 5. The van der Waals surface area contributed by atoms with Gasteiger partial charge < -0.3 is 4.98 Å². The van der Waals surface area contributed by atoms with Crippen molar-refractivity contribution in [1.29, 1.82) is 0 Å². The van der Waals surface area contributed by atoms with Gasteiger partial charge in [-0.3, -0.25) is 4.79 Å². The van der Waals surface area contributed by atoms with Crippen molar-refractivity contribution in [3.63, 3.8) is 0 Å². The van der Waals surface area contributed by atoms with Crippen molar-refractivity contribution in [3.05, 3.63) is 36.7 Å². The van der Waals surface area contributed by atoms with E-state index in [2.05, 4.69) is 9.71 Å². The van der Waals surface area contributed by atoms with Gasteiger partial charge in [0, 0.05) is 22.0 Å². The molecule has 0 saturated heterocycles. The van der Waals surface area contributed by atoms with Gasteiger partial charge >= 0.3 is 4.87 Å². The lowest BCUT2D eigenvalue weighted by Crippen LogP contribution is -2.22. The Balaban J connectivity index is 2.18. The predicted octanol–water partition coefficient (Wildman–Crippen LogP) is 1.90. The van der Waals surface area contributed by atoms with Crippen LogP contribution in [-0.2, 0) is 16.6 Å². The number of thiazole rings is 1. The molecule has 0 saturated carbocycles. The van der Waals surface area contributed by atoms with Crippen LogP contribution < -0.4 is 9.60 Å². The SMILES string of the molecule is Cc1cc(CNS(=O)(=O)c2sc(=O)[nH]c2C)sc1C. The fourth-order valence-corrected chi connectivity index (χ4v) is 5.05. The second-order valence-corrected chi connectivity index (χ2v) is 8.49. The van der Waals surface area contributed by atoms with Crippen molar-refractivity contribution in [2.75, 3.05) is 0 Å². The number of aromatic amines is 1. The largest absolute Gasteiger partial charge is 0.315 e.